The maximum atomic E-state index is 12.4. The van der Waals surface area contributed by atoms with E-state index in [2.05, 4.69) is 37.1 Å². The Bertz CT molecular complexity index is 685. The molecule has 0 saturated carbocycles. The van der Waals surface area contributed by atoms with Crippen LogP contribution in [-0.4, -0.2) is 10.9 Å². The third-order valence-electron chi connectivity index (χ3n) is 4.69. The number of fused-ring (bicyclic) bond motifs is 1. The first kappa shape index (κ1) is 16.2. The Morgan fingerprint density at radius 3 is 2.91 bits per heavy atom. The number of nitrogens with one attached hydrogen (secondary N) is 1. The number of aromatic nitrogens is 1. The van der Waals surface area contributed by atoms with Gasteiger partial charge in [0.2, 0.25) is 0 Å². The molecule has 1 amide bonds. The lowest BCUT2D eigenvalue weighted by Gasteiger charge is -2.33. The number of carbonyl (C=O) groups excluding carboxylic acids is 1. The van der Waals surface area contributed by atoms with Crippen molar-refractivity contribution in [3.05, 3.63) is 51.5 Å². The van der Waals surface area contributed by atoms with Crippen molar-refractivity contribution < 1.29 is 4.79 Å². The number of nitrogens with zero attached hydrogens (tertiary/aromatic N) is 1. The lowest BCUT2D eigenvalue weighted by Crippen LogP contribution is -2.26. The summed E-state index contributed by atoms with van der Waals surface area (Å²) in [6, 6.07) is 7.84. The van der Waals surface area contributed by atoms with Crippen LogP contribution in [0.3, 0.4) is 0 Å². The van der Waals surface area contributed by atoms with Crippen LogP contribution in [0.5, 0.6) is 0 Å². The van der Waals surface area contributed by atoms with Gasteiger partial charge in [-0.15, -0.1) is 11.3 Å². The standard InChI is InChI=1S/C19H24N2OS/c1-19(2,3)14-7-8-16-13(10-14)11-17(23-16)18(22)21-12-15-6-4-5-9-20-15/h4-6,9,11,14H,7-8,10,12H2,1-3H3,(H,21,22)/t14-/m1/s1. The van der Waals surface area contributed by atoms with Crippen LogP contribution in [0, 0.1) is 11.3 Å². The summed E-state index contributed by atoms with van der Waals surface area (Å²) in [6.45, 7) is 7.42. The average Bonchev–Trinajstić information content (AvgIpc) is 2.96. The van der Waals surface area contributed by atoms with E-state index in [0.29, 0.717) is 17.9 Å². The van der Waals surface area contributed by atoms with Gasteiger partial charge in [0.1, 0.15) is 0 Å². The van der Waals surface area contributed by atoms with E-state index in [-0.39, 0.29) is 5.91 Å². The molecule has 0 aliphatic heterocycles. The van der Waals surface area contributed by atoms with Gasteiger partial charge in [0, 0.05) is 11.1 Å². The molecule has 23 heavy (non-hydrogen) atoms. The Morgan fingerprint density at radius 2 is 2.22 bits per heavy atom. The minimum absolute atomic E-state index is 0.0161. The van der Waals surface area contributed by atoms with E-state index in [4.69, 9.17) is 0 Å². The lowest BCUT2D eigenvalue weighted by molar-refractivity contribution is 0.0954. The molecule has 4 heteroatoms. The first-order valence-electron chi connectivity index (χ1n) is 8.23. The zero-order valence-corrected chi connectivity index (χ0v) is 14.9. The van der Waals surface area contributed by atoms with Crippen LogP contribution in [0.1, 0.15) is 53.0 Å². The number of rotatable bonds is 3. The number of amides is 1. The van der Waals surface area contributed by atoms with Gasteiger partial charge in [-0.2, -0.15) is 0 Å². The first-order valence-corrected chi connectivity index (χ1v) is 9.05. The SMILES string of the molecule is CC(C)(C)[C@@H]1CCc2sc(C(=O)NCc3ccccn3)cc2C1. The van der Waals surface area contributed by atoms with Crippen LogP contribution in [0.15, 0.2) is 30.5 Å². The molecule has 0 saturated heterocycles. The van der Waals surface area contributed by atoms with Crippen molar-refractivity contribution in [3.63, 3.8) is 0 Å². The molecule has 122 valence electrons. The Hall–Kier alpha value is -1.68. The summed E-state index contributed by atoms with van der Waals surface area (Å²) in [5.74, 6) is 0.719. The normalized spacial score (nSPS) is 17.6. The second-order valence-electron chi connectivity index (χ2n) is 7.37. The van der Waals surface area contributed by atoms with Crippen molar-refractivity contribution in [2.75, 3.05) is 0 Å². The molecular weight excluding hydrogens is 304 g/mol. The molecule has 2 heterocycles. The van der Waals surface area contributed by atoms with Gasteiger partial charge in [-0.25, -0.2) is 0 Å². The molecular formula is C19H24N2OS. The van der Waals surface area contributed by atoms with Crippen LogP contribution < -0.4 is 5.32 Å². The summed E-state index contributed by atoms with van der Waals surface area (Å²) >= 11 is 1.66. The maximum Gasteiger partial charge on any atom is 0.261 e. The van der Waals surface area contributed by atoms with Crippen LogP contribution in [0.4, 0.5) is 0 Å². The van der Waals surface area contributed by atoms with Crippen LogP contribution in [0.25, 0.3) is 0 Å². The summed E-state index contributed by atoms with van der Waals surface area (Å²) < 4.78 is 0. The van der Waals surface area contributed by atoms with Gasteiger partial charge in [0.15, 0.2) is 0 Å². The molecule has 3 rings (SSSR count). The number of aryl methyl sites for hydroxylation is 1. The average molecular weight is 328 g/mol. The van der Waals surface area contributed by atoms with Gasteiger partial charge in [-0.1, -0.05) is 26.8 Å². The third kappa shape index (κ3) is 3.81. The van der Waals surface area contributed by atoms with Crippen molar-refractivity contribution in [2.45, 2.75) is 46.6 Å². The van der Waals surface area contributed by atoms with Gasteiger partial charge in [-0.05, 0) is 54.4 Å². The molecule has 2 aromatic rings. The van der Waals surface area contributed by atoms with E-state index < -0.39 is 0 Å². The minimum Gasteiger partial charge on any atom is -0.346 e. The molecule has 3 nitrogen and oxygen atoms in total. The molecule has 1 aliphatic carbocycles. The van der Waals surface area contributed by atoms with E-state index in [1.165, 1.54) is 16.9 Å². The Balaban J connectivity index is 1.66. The topological polar surface area (TPSA) is 42.0 Å². The van der Waals surface area contributed by atoms with E-state index in [1.807, 2.05) is 18.2 Å². The number of pyridine rings is 1. The molecule has 0 radical (unpaired) electrons. The molecule has 1 atom stereocenters. The van der Waals surface area contributed by atoms with Crippen molar-refractivity contribution in [2.24, 2.45) is 11.3 Å². The van der Waals surface area contributed by atoms with E-state index in [0.717, 1.165) is 23.4 Å². The summed E-state index contributed by atoms with van der Waals surface area (Å²) in [5.41, 5.74) is 2.60. The van der Waals surface area contributed by atoms with E-state index >= 15 is 0 Å². The zero-order chi connectivity index (χ0) is 16.4. The quantitative estimate of drug-likeness (QED) is 0.916. The number of hydrogen-bond donors (Lipinski definition) is 1. The molecule has 2 aromatic heterocycles. The molecule has 0 fully saturated rings. The highest BCUT2D eigenvalue weighted by molar-refractivity contribution is 7.14. The summed E-state index contributed by atoms with van der Waals surface area (Å²) in [5, 5.41) is 2.97. The predicted molar refractivity (Wildman–Crippen MR) is 94.7 cm³/mol. The van der Waals surface area contributed by atoms with Gasteiger partial charge >= 0.3 is 0 Å². The molecule has 0 unspecified atom stereocenters. The summed E-state index contributed by atoms with van der Waals surface area (Å²) in [7, 11) is 0. The van der Waals surface area contributed by atoms with Crippen LogP contribution in [-0.2, 0) is 19.4 Å². The molecule has 1 N–H and O–H groups in total. The fourth-order valence-electron chi connectivity index (χ4n) is 3.14. The highest BCUT2D eigenvalue weighted by Gasteiger charge is 2.30. The highest BCUT2D eigenvalue weighted by atomic mass is 32.1. The smallest absolute Gasteiger partial charge is 0.261 e. The van der Waals surface area contributed by atoms with Gasteiger partial charge in [-0.3, -0.25) is 9.78 Å². The monoisotopic (exact) mass is 328 g/mol. The summed E-state index contributed by atoms with van der Waals surface area (Å²) in [4.78, 5) is 18.9. The summed E-state index contributed by atoms with van der Waals surface area (Å²) in [6.07, 6.45) is 5.18. The van der Waals surface area contributed by atoms with E-state index in [9.17, 15) is 4.79 Å². The lowest BCUT2D eigenvalue weighted by atomic mass is 9.72. The van der Waals surface area contributed by atoms with Crippen LogP contribution >= 0.6 is 11.3 Å². The van der Waals surface area contributed by atoms with Gasteiger partial charge in [0.05, 0.1) is 17.1 Å². The Labute approximate surface area is 142 Å². The van der Waals surface area contributed by atoms with Gasteiger partial charge < -0.3 is 5.32 Å². The Morgan fingerprint density at radius 1 is 1.39 bits per heavy atom. The second-order valence-corrected chi connectivity index (χ2v) is 8.51. The maximum absolute atomic E-state index is 12.4. The van der Waals surface area contributed by atoms with Crippen molar-refractivity contribution in [3.8, 4) is 0 Å². The first-order chi connectivity index (χ1) is 10.9. The van der Waals surface area contributed by atoms with Crippen molar-refractivity contribution in [1.29, 1.82) is 0 Å². The fourth-order valence-corrected chi connectivity index (χ4v) is 4.26. The highest BCUT2D eigenvalue weighted by Crippen LogP contribution is 2.40. The number of thiophene rings is 1. The van der Waals surface area contributed by atoms with Crippen LogP contribution in [0.2, 0.25) is 0 Å². The van der Waals surface area contributed by atoms with Gasteiger partial charge in [0.25, 0.3) is 5.91 Å². The third-order valence-corrected chi connectivity index (χ3v) is 5.92. The van der Waals surface area contributed by atoms with Crippen molar-refractivity contribution >= 4 is 17.2 Å². The molecule has 0 spiro atoms. The number of carbonyl (C=O) groups is 1. The second kappa shape index (κ2) is 6.44. The van der Waals surface area contributed by atoms with Crippen molar-refractivity contribution in [1.82, 2.24) is 10.3 Å². The largest absolute Gasteiger partial charge is 0.346 e. The van der Waals surface area contributed by atoms with E-state index in [1.54, 1.807) is 17.5 Å². The zero-order valence-electron chi connectivity index (χ0n) is 14.1. The molecule has 1 aliphatic rings. The molecule has 0 bridgehead atoms. The molecule has 0 aromatic carbocycles. The predicted octanol–water partition coefficient (Wildman–Crippen LogP) is 4.22. The minimum atomic E-state index is 0.0161. The Kier molecular flexibility index (Phi) is 4.53. The fraction of sp³-hybridized carbons (Fsp3) is 0.474. The number of hydrogen-bond acceptors (Lipinski definition) is 3.